The minimum atomic E-state index is 0.613. The predicted octanol–water partition coefficient (Wildman–Crippen LogP) is 4.16. The second kappa shape index (κ2) is 8.60. The molecule has 1 rings (SSSR count). The lowest BCUT2D eigenvalue weighted by atomic mass is 9.88. The first kappa shape index (κ1) is 15.6. The van der Waals surface area contributed by atoms with E-state index in [1.165, 1.54) is 17.7 Å². The minimum Gasteiger partial charge on any atom is -0.314 e. The average Bonchev–Trinajstić information content (AvgIpc) is 2.37. The number of rotatable bonds is 8. The average molecular weight is 265 g/mol. The second-order valence-corrected chi connectivity index (χ2v) is 6.34. The highest BCUT2D eigenvalue weighted by Gasteiger charge is 2.16. The fourth-order valence-electron chi connectivity index (χ4n) is 2.16. The van der Waals surface area contributed by atoms with Crippen LogP contribution in [0.5, 0.6) is 0 Å². The summed E-state index contributed by atoms with van der Waals surface area (Å²) in [6, 6.07) is 11.5. The third-order valence-corrected chi connectivity index (χ3v) is 4.12. The summed E-state index contributed by atoms with van der Waals surface area (Å²) < 4.78 is 0. The van der Waals surface area contributed by atoms with E-state index in [0.29, 0.717) is 17.9 Å². The lowest BCUT2D eigenvalue weighted by Gasteiger charge is -2.24. The molecule has 0 radical (unpaired) electrons. The molecular weight excluding hydrogens is 238 g/mol. The fraction of sp³-hybridized carbons (Fsp3) is 0.625. The highest BCUT2D eigenvalue weighted by Crippen LogP contribution is 2.23. The lowest BCUT2D eigenvalue weighted by Crippen LogP contribution is -2.32. The summed E-state index contributed by atoms with van der Waals surface area (Å²) in [5.74, 6) is 2.53. The zero-order chi connectivity index (χ0) is 13.4. The van der Waals surface area contributed by atoms with Gasteiger partial charge in [-0.05, 0) is 42.8 Å². The van der Waals surface area contributed by atoms with Crippen LogP contribution < -0.4 is 5.32 Å². The first-order valence-corrected chi connectivity index (χ1v) is 8.31. The molecule has 0 spiro atoms. The quantitative estimate of drug-likeness (QED) is 0.757. The molecule has 0 heterocycles. The summed E-state index contributed by atoms with van der Waals surface area (Å²) in [6.07, 6.45) is 3.42. The van der Waals surface area contributed by atoms with Gasteiger partial charge in [-0.2, -0.15) is 11.8 Å². The van der Waals surface area contributed by atoms with Gasteiger partial charge in [-0.15, -0.1) is 0 Å². The molecule has 2 atom stereocenters. The van der Waals surface area contributed by atoms with E-state index in [0.717, 1.165) is 6.54 Å². The molecule has 1 aromatic rings. The van der Waals surface area contributed by atoms with E-state index in [1.54, 1.807) is 0 Å². The molecule has 0 aliphatic carbocycles. The lowest BCUT2D eigenvalue weighted by molar-refractivity contribution is 0.428. The SMILES string of the molecule is CSCCC(C)NCC(c1ccccc1)C(C)C. The summed E-state index contributed by atoms with van der Waals surface area (Å²) in [7, 11) is 0. The normalized spacial score (nSPS) is 14.7. The van der Waals surface area contributed by atoms with Crippen molar-refractivity contribution in [1.29, 1.82) is 0 Å². The minimum absolute atomic E-state index is 0.613. The van der Waals surface area contributed by atoms with Crippen LogP contribution in [0.3, 0.4) is 0 Å². The summed E-state index contributed by atoms with van der Waals surface area (Å²) >= 11 is 1.93. The van der Waals surface area contributed by atoms with Crippen molar-refractivity contribution < 1.29 is 0 Å². The molecule has 0 fully saturated rings. The van der Waals surface area contributed by atoms with Crippen LogP contribution in [0.2, 0.25) is 0 Å². The first-order chi connectivity index (χ1) is 8.65. The highest BCUT2D eigenvalue weighted by molar-refractivity contribution is 7.98. The maximum atomic E-state index is 3.68. The van der Waals surface area contributed by atoms with Crippen LogP contribution in [0.4, 0.5) is 0 Å². The van der Waals surface area contributed by atoms with Crippen molar-refractivity contribution >= 4 is 11.8 Å². The zero-order valence-corrected chi connectivity index (χ0v) is 13.0. The Balaban J connectivity index is 2.49. The van der Waals surface area contributed by atoms with Crippen molar-refractivity contribution in [3.8, 4) is 0 Å². The molecule has 2 heteroatoms. The summed E-state index contributed by atoms with van der Waals surface area (Å²) in [6.45, 7) is 7.99. The van der Waals surface area contributed by atoms with Crippen molar-refractivity contribution in [2.24, 2.45) is 5.92 Å². The predicted molar refractivity (Wildman–Crippen MR) is 84.5 cm³/mol. The van der Waals surface area contributed by atoms with Crippen LogP contribution in [0, 0.1) is 5.92 Å². The number of nitrogens with one attached hydrogen (secondary N) is 1. The van der Waals surface area contributed by atoms with Gasteiger partial charge in [-0.25, -0.2) is 0 Å². The van der Waals surface area contributed by atoms with Gasteiger partial charge in [0.25, 0.3) is 0 Å². The molecule has 1 N–H and O–H groups in total. The second-order valence-electron chi connectivity index (χ2n) is 5.35. The largest absolute Gasteiger partial charge is 0.314 e. The third kappa shape index (κ3) is 5.45. The van der Waals surface area contributed by atoms with Crippen LogP contribution >= 0.6 is 11.8 Å². The van der Waals surface area contributed by atoms with Crippen LogP contribution in [0.1, 0.15) is 38.7 Å². The van der Waals surface area contributed by atoms with Crippen LogP contribution in [-0.4, -0.2) is 24.6 Å². The Kier molecular flexibility index (Phi) is 7.45. The summed E-state index contributed by atoms with van der Waals surface area (Å²) in [5, 5.41) is 3.68. The van der Waals surface area contributed by atoms with Crippen molar-refractivity contribution in [1.82, 2.24) is 5.32 Å². The van der Waals surface area contributed by atoms with E-state index in [1.807, 2.05) is 11.8 Å². The van der Waals surface area contributed by atoms with E-state index < -0.39 is 0 Å². The van der Waals surface area contributed by atoms with Gasteiger partial charge in [0.1, 0.15) is 0 Å². The number of hydrogen-bond donors (Lipinski definition) is 1. The smallest absolute Gasteiger partial charge is 0.00468 e. The molecule has 0 saturated heterocycles. The monoisotopic (exact) mass is 265 g/mol. The number of thioether (sulfide) groups is 1. The topological polar surface area (TPSA) is 12.0 Å². The molecule has 2 unspecified atom stereocenters. The van der Waals surface area contributed by atoms with Crippen molar-refractivity contribution in [3.05, 3.63) is 35.9 Å². The summed E-state index contributed by atoms with van der Waals surface area (Å²) in [5.41, 5.74) is 1.46. The molecule has 0 saturated carbocycles. The van der Waals surface area contributed by atoms with E-state index in [2.05, 4.69) is 62.7 Å². The Morgan fingerprint density at radius 3 is 2.33 bits per heavy atom. The molecular formula is C16H27NS. The van der Waals surface area contributed by atoms with Gasteiger partial charge in [0.15, 0.2) is 0 Å². The molecule has 0 aliphatic heterocycles. The van der Waals surface area contributed by atoms with E-state index >= 15 is 0 Å². The molecule has 0 aliphatic rings. The van der Waals surface area contributed by atoms with Crippen LogP contribution in [0.25, 0.3) is 0 Å². The van der Waals surface area contributed by atoms with Crippen molar-refractivity contribution in [2.75, 3.05) is 18.6 Å². The first-order valence-electron chi connectivity index (χ1n) is 6.92. The Labute approximate surface area is 117 Å². The molecule has 0 bridgehead atoms. The highest BCUT2D eigenvalue weighted by atomic mass is 32.2. The molecule has 102 valence electrons. The van der Waals surface area contributed by atoms with Gasteiger partial charge in [-0.3, -0.25) is 0 Å². The van der Waals surface area contributed by atoms with Crippen LogP contribution in [0.15, 0.2) is 30.3 Å². The molecule has 0 amide bonds. The van der Waals surface area contributed by atoms with Crippen molar-refractivity contribution in [3.63, 3.8) is 0 Å². The standard InChI is InChI=1S/C16H27NS/c1-13(2)16(15-8-6-5-7-9-15)12-17-14(3)10-11-18-4/h5-9,13-14,16-17H,10-12H2,1-4H3. The molecule has 0 aromatic heterocycles. The van der Waals surface area contributed by atoms with E-state index in [-0.39, 0.29) is 0 Å². The van der Waals surface area contributed by atoms with Gasteiger partial charge in [0, 0.05) is 12.6 Å². The Hall–Kier alpha value is -0.470. The third-order valence-electron chi connectivity index (χ3n) is 3.47. The number of benzene rings is 1. The maximum absolute atomic E-state index is 3.68. The van der Waals surface area contributed by atoms with Crippen LogP contribution in [-0.2, 0) is 0 Å². The van der Waals surface area contributed by atoms with Crippen molar-refractivity contribution in [2.45, 2.75) is 39.2 Å². The fourth-order valence-corrected chi connectivity index (χ4v) is 2.75. The molecule has 1 nitrogen and oxygen atoms in total. The van der Waals surface area contributed by atoms with Gasteiger partial charge >= 0.3 is 0 Å². The van der Waals surface area contributed by atoms with Gasteiger partial charge in [0.2, 0.25) is 0 Å². The van der Waals surface area contributed by atoms with E-state index in [9.17, 15) is 0 Å². The molecule has 18 heavy (non-hydrogen) atoms. The molecule has 1 aromatic carbocycles. The Morgan fingerprint density at radius 1 is 1.11 bits per heavy atom. The van der Waals surface area contributed by atoms with Gasteiger partial charge in [-0.1, -0.05) is 44.2 Å². The van der Waals surface area contributed by atoms with Gasteiger partial charge < -0.3 is 5.32 Å². The van der Waals surface area contributed by atoms with Gasteiger partial charge in [0.05, 0.1) is 0 Å². The summed E-state index contributed by atoms with van der Waals surface area (Å²) in [4.78, 5) is 0. The van der Waals surface area contributed by atoms with E-state index in [4.69, 9.17) is 0 Å². The Bertz CT molecular complexity index is 310. The maximum Gasteiger partial charge on any atom is 0.00468 e. The Morgan fingerprint density at radius 2 is 1.78 bits per heavy atom. The number of hydrogen-bond acceptors (Lipinski definition) is 2. The zero-order valence-electron chi connectivity index (χ0n) is 12.1.